The average molecular weight is 295 g/mol. The maximum Gasteiger partial charge on any atom is 0.179 e. The molecule has 0 amide bonds. The van der Waals surface area contributed by atoms with Crippen LogP contribution in [0.2, 0.25) is 0 Å². The number of hydrogen-bond acceptors (Lipinski definition) is 4. The molecule has 0 aliphatic heterocycles. The van der Waals surface area contributed by atoms with E-state index in [-0.39, 0.29) is 5.69 Å². The van der Waals surface area contributed by atoms with Crippen LogP contribution < -0.4 is 0 Å². The van der Waals surface area contributed by atoms with E-state index in [1.54, 1.807) is 12.1 Å². The number of nitrogens with zero attached hydrogens (tertiary/aromatic N) is 3. The van der Waals surface area contributed by atoms with Gasteiger partial charge in [-0.3, -0.25) is 0 Å². The van der Waals surface area contributed by atoms with Gasteiger partial charge in [0.1, 0.15) is 5.69 Å². The Morgan fingerprint density at radius 3 is 2.73 bits per heavy atom. The predicted octanol–water partition coefficient (Wildman–Crippen LogP) is 5.06. The first kappa shape index (κ1) is 14.1. The summed E-state index contributed by atoms with van der Waals surface area (Å²) in [6, 6.07) is 14.2. The zero-order valence-corrected chi connectivity index (χ0v) is 12.0. The SMILES string of the molecule is CCc1cc(F)c(O)c(N=Nc2ccc3ccccc3n2)c1. The molecule has 4 nitrogen and oxygen atoms in total. The second-order valence-electron chi connectivity index (χ2n) is 4.86. The Morgan fingerprint density at radius 1 is 1.09 bits per heavy atom. The molecule has 0 atom stereocenters. The van der Waals surface area contributed by atoms with Crippen LogP contribution in [0.15, 0.2) is 58.8 Å². The van der Waals surface area contributed by atoms with Crippen LogP contribution in [0.1, 0.15) is 12.5 Å². The second kappa shape index (κ2) is 5.89. The van der Waals surface area contributed by atoms with Crippen LogP contribution >= 0.6 is 0 Å². The largest absolute Gasteiger partial charge is 0.503 e. The lowest BCUT2D eigenvalue weighted by atomic mass is 10.1. The van der Waals surface area contributed by atoms with E-state index >= 15 is 0 Å². The summed E-state index contributed by atoms with van der Waals surface area (Å²) in [6.07, 6.45) is 0.647. The van der Waals surface area contributed by atoms with Gasteiger partial charge in [-0.15, -0.1) is 10.2 Å². The van der Waals surface area contributed by atoms with Gasteiger partial charge in [0.2, 0.25) is 0 Å². The lowest BCUT2D eigenvalue weighted by Gasteiger charge is -2.03. The lowest BCUT2D eigenvalue weighted by molar-refractivity contribution is 0.433. The number of halogens is 1. The Labute approximate surface area is 127 Å². The molecular weight excluding hydrogens is 281 g/mol. The predicted molar refractivity (Wildman–Crippen MR) is 83.4 cm³/mol. The van der Waals surface area contributed by atoms with Crippen molar-refractivity contribution < 1.29 is 9.50 Å². The minimum absolute atomic E-state index is 0.104. The summed E-state index contributed by atoms with van der Waals surface area (Å²) in [5.41, 5.74) is 1.65. The lowest BCUT2D eigenvalue weighted by Crippen LogP contribution is -1.84. The van der Waals surface area contributed by atoms with Crippen LogP contribution in [0.4, 0.5) is 15.9 Å². The molecule has 0 spiro atoms. The number of aryl methyl sites for hydroxylation is 1. The minimum atomic E-state index is -0.695. The zero-order valence-electron chi connectivity index (χ0n) is 12.0. The van der Waals surface area contributed by atoms with E-state index in [0.717, 1.165) is 16.5 Å². The van der Waals surface area contributed by atoms with E-state index in [1.165, 1.54) is 6.07 Å². The van der Waals surface area contributed by atoms with Gasteiger partial charge in [0.05, 0.1) is 5.52 Å². The smallest absolute Gasteiger partial charge is 0.179 e. The van der Waals surface area contributed by atoms with Crippen molar-refractivity contribution in [1.29, 1.82) is 0 Å². The van der Waals surface area contributed by atoms with Gasteiger partial charge in [-0.05, 0) is 42.3 Å². The molecular formula is C17H14FN3O. The van der Waals surface area contributed by atoms with Crippen molar-refractivity contribution in [2.24, 2.45) is 10.2 Å². The van der Waals surface area contributed by atoms with Crippen molar-refractivity contribution in [3.05, 3.63) is 59.9 Å². The molecule has 5 heteroatoms. The first-order valence-corrected chi connectivity index (χ1v) is 6.96. The molecule has 0 saturated carbocycles. The second-order valence-corrected chi connectivity index (χ2v) is 4.86. The molecule has 0 bridgehead atoms. The maximum absolute atomic E-state index is 13.6. The number of azo groups is 1. The van der Waals surface area contributed by atoms with Gasteiger partial charge in [-0.25, -0.2) is 9.37 Å². The number of pyridine rings is 1. The van der Waals surface area contributed by atoms with Crippen molar-refractivity contribution in [3.8, 4) is 5.75 Å². The van der Waals surface area contributed by atoms with Gasteiger partial charge in [-0.1, -0.05) is 25.1 Å². The summed E-state index contributed by atoms with van der Waals surface area (Å²) in [5, 5.41) is 18.6. The average Bonchev–Trinajstić information content (AvgIpc) is 2.55. The third-order valence-corrected chi connectivity index (χ3v) is 3.36. The summed E-state index contributed by atoms with van der Waals surface area (Å²) in [4.78, 5) is 4.35. The van der Waals surface area contributed by atoms with Crippen LogP contribution in [0.5, 0.6) is 5.75 Å². The molecule has 0 aliphatic rings. The Kier molecular flexibility index (Phi) is 3.78. The molecule has 0 radical (unpaired) electrons. The molecule has 1 aromatic heterocycles. The highest BCUT2D eigenvalue weighted by Crippen LogP contribution is 2.32. The highest BCUT2D eigenvalue weighted by atomic mass is 19.1. The molecule has 0 fully saturated rings. The number of hydrogen-bond donors (Lipinski definition) is 1. The third-order valence-electron chi connectivity index (χ3n) is 3.36. The molecule has 0 unspecified atom stereocenters. The van der Waals surface area contributed by atoms with Gasteiger partial charge in [-0.2, -0.15) is 0 Å². The van der Waals surface area contributed by atoms with Gasteiger partial charge in [0.25, 0.3) is 0 Å². The molecule has 1 heterocycles. The summed E-state index contributed by atoms with van der Waals surface area (Å²) in [7, 11) is 0. The summed E-state index contributed by atoms with van der Waals surface area (Å²) in [6.45, 7) is 1.90. The third kappa shape index (κ3) is 2.79. The van der Waals surface area contributed by atoms with E-state index in [4.69, 9.17) is 0 Å². The van der Waals surface area contributed by atoms with Crippen molar-refractivity contribution in [2.75, 3.05) is 0 Å². The number of aromatic hydroxyl groups is 1. The van der Waals surface area contributed by atoms with Crippen LogP contribution in [0, 0.1) is 5.82 Å². The molecule has 3 rings (SSSR count). The van der Waals surface area contributed by atoms with Crippen LogP contribution in [-0.4, -0.2) is 10.1 Å². The molecule has 0 aliphatic carbocycles. The number of para-hydroxylation sites is 1. The molecule has 2 aromatic carbocycles. The summed E-state index contributed by atoms with van der Waals surface area (Å²) in [5.74, 6) is -0.790. The number of phenols is 1. The van der Waals surface area contributed by atoms with E-state index in [9.17, 15) is 9.50 Å². The minimum Gasteiger partial charge on any atom is -0.503 e. The maximum atomic E-state index is 13.6. The molecule has 0 saturated heterocycles. The van der Waals surface area contributed by atoms with Gasteiger partial charge >= 0.3 is 0 Å². The monoisotopic (exact) mass is 295 g/mol. The number of fused-ring (bicyclic) bond motifs is 1. The molecule has 22 heavy (non-hydrogen) atoms. The number of rotatable bonds is 3. The van der Waals surface area contributed by atoms with Gasteiger partial charge in [0, 0.05) is 5.39 Å². The van der Waals surface area contributed by atoms with Crippen molar-refractivity contribution >= 4 is 22.4 Å². The number of benzene rings is 2. The van der Waals surface area contributed by atoms with E-state index in [2.05, 4.69) is 15.2 Å². The molecule has 3 aromatic rings. The van der Waals surface area contributed by atoms with E-state index in [1.807, 2.05) is 37.3 Å². The van der Waals surface area contributed by atoms with Gasteiger partial charge < -0.3 is 5.11 Å². The highest BCUT2D eigenvalue weighted by Gasteiger charge is 2.09. The first-order chi connectivity index (χ1) is 10.7. The summed E-state index contributed by atoms with van der Waals surface area (Å²) >= 11 is 0. The van der Waals surface area contributed by atoms with Crippen molar-refractivity contribution in [2.45, 2.75) is 13.3 Å². The van der Waals surface area contributed by atoms with Gasteiger partial charge in [0.15, 0.2) is 17.4 Å². The van der Waals surface area contributed by atoms with E-state index in [0.29, 0.717) is 12.2 Å². The fourth-order valence-corrected chi connectivity index (χ4v) is 2.14. The quantitative estimate of drug-likeness (QED) is 0.687. The van der Waals surface area contributed by atoms with Crippen LogP contribution in [-0.2, 0) is 6.42 Å². The van der Waals surface area contributed by atoms with Crippen LogP contribution in [0.25, 0.3) is 10.9 Å². The number of phenolic OH excluding ortho intramolecular Hbond substituents is 1. The van der Waals surface area contributed by atoms with Crippen LogP contribution in [0.3, 0.4) is 0 Å². The van der Waals surface area contributed by atoms with E-state index < -0.39 is 11.6 Å². The summed E-state index contributed by atoms with van der Waals surface area (Å²) < 4.78 is 13.6. The Balaban J connectivity index is 1.97. The highest BCUT2D eigenvalue weighted by molar-refractivity contribution is 5.79. The molecule has 1 N–H and O–H groups in total. The Bertz CT molecular complexity index is 862. The normalized spacial score (nSPS) is 11.4. The first-order valence-electron chi connectivity index (χ1n) is 6.96. The fraction of sp³-hybridized carbons (Fsp3) is 0.118. The number of aromatic nitrogens is 1. The fourth-order valence-electron chi connectivity index (χ4n) is 2.14. The van der Waals surface area contributed by atoms with Crippen molar-refractivity contribution in [3.63, 3.8) is 0 Å². The zero-order chi connectivity index (χ0) is 15.5. The topological polar surface area (TPSA) is 57.8 Å². The van der Waals surface area contributed by atoms with Crippen molar-refractivity contribution in [1.82, 2.24) is 4.98 Å². The standard InChI is InChI=1S/C17H14FN3O/c1-2-11-9-13(18)17(22)15(10-11)20-21-16-8-7-12-5-3-4-6-14(12)19-16/h3-10,22H,2H2,1H3. The molecule has 110 valence electrons. The Morgan fingerprint density at radius 2 is 1.91 bits per heavy atom. The Hall–Kier alpha value is -2.82.